The van der Waals surface area contributed by atoms with E-state index in [0.29, 0.717) is 13.1 Å². The molecule has 1 aliphatic heterocycles. The highest BCUT2D eigenvalue weighted by Crippen LogP contribution is 2.29. The van der Waals surface area contributed by atoms with Gasteiger partial charge in [-0.1, -0.05) is 0 Å². The second-order valence-corrected chi connectivity index (χ2v) is 4.55. The maximum atomic E-state index is 11.8. The maximum absolute atomic E-state index is 11.8. The average molecular weight is 229 g/mol. The average Bonchev–Trinajstić information content (AvgIpc) is 2.01. The van der Waals surface area contributed by atoms with E-state index in [2.05, 4.69) is 0 Å². The van der Waals surface area contributed by atoms with Gasteiger partial charge in [0, 0.05) is 18.8 Å². The summed E-state index contributed by atoms with van der Waals surface area (Å²) in [5, 5.41) is 9.27. The van der Waals surface area contributed by atoms with Gasteiger partial charge in [-0.2, -0.15) is 13.2 Å². The predicted molar refractivity (Wildman–Crippen MR) is 50.2 cm³/mol. The summed E-state index contributed by atoms with van der Waals surface area (Å²) in [7, 11) is 0. The molecule has 84 valence electrons. The number of rotatable bonds is 3. The fraction of sp³-hybridized carbons (Fsp3) is 1.00. The number of aliphatic hydroxyl groups is 1. The zero-order valence-corrected chi connectivity index (χ0v) is 8.57. The maximum Gasteiger partial charge on any atom is 0.441 e. The van der Waals surface area contributed by atoms with E-state index in [-0.39, 0.29) is 23.6 Å². The fourth-order valence-electron chi connectivity index (χ4n) is 1.52. The minimum atomic E-state index is -4.13. The van der Waals surface area contributed by atoms with Crippen molar-refractivity contribution >= 4 is 11.8 Å². The number of alkyl halides is 3. The zero-order valence-electron chi connectivity index (χ0n) is 7.76. The number of hydrogen-bond acceptors (Lipinski definition) is 3. The van der Waals surface area contributed by atoms with Gasteiger partial charge < -0.3 is 5.11 Å². The first-order valence-electron chi connectivity index (χ1n) is 4.58. The number of piperidine rings is 1. The van der Waals surface area contributed by atoms with Crippen molar-refractivity contribution in [3.63, 3.8) is 0 Å². The first-order chi connectivity index (χ1) is 6.47. The van der Waals surface area contributed by atoms with E-state index in [1.807, 2.05) is 4.90 Å². The van der Waals surface area contributed by atoms with Gasteiger partial charge in [0.1, 0.15) is 0 Å². The molecule has 14 heavy (non-hydrogen) atoms. The molecule has 1 saturated heterocycles. The van der Waals surface area contributed by atoms with E-state index in [1.54, 1.807) is 0 Å². The molecule has 1 atom stereocenters. The topological polar surface area (TPSA) is 23.5 Å². The minimum absolute atomic E-state index is 0.00515. The van der Waals surface area contributed by atoms with Crippen LogP contribution in [0.5, 0.6) is 0 Å². The molecule has 1 aliphatic rings. The molecule has 2 nitrogen and oxygen atoms in total. The Kier molecular flexibility index (Phi) is 4.53. The molecule has 0 aromatic rings. The first-order valence-corrected chi connectivity index (χ1v) is 5.57. The second-order valence-electron chi connectivity index (χ2n) is 3.39. The number of hydrogen-bond donors (Lipinski definition) is 1. The highest BCUT2D eigenvalue weighted by Gasteiger charge is 2.28. The summed E-state index contributed by atoms with van der Waals surface area (Å²) < 4.78 is 35.3. The van der Waals surface area contributed by atoms with Gasteiger partial charge >= 0.3 is 5.51 Å². The molecule has 0 aromatic carbocycles. The summed E-state index contributed by atoms with van der Waals surface area (Å²) in [4.78, 5) is 1.88. The lowest BCUT2D eigenvalue weighted by atomic mass is 10.1. The molecule has 1 heterocycles. The van der Waals surface area contributed by atoms with E-state index in [0.717, 1.165) is 19.4 Å². The fourth-order valence-corrected chi connectivity index (χ4v) is 2.11. The summed E-state index contributed by atoms with van der Waals surface area (Å²) in [5.41, 5.74) is -4.13. The van der Waals surface area contributed by atoms with Crippen LogP contribution < -0.4 is 0 Å². The largest absolute Gasteiger partial charge is 0.441 e. The van der Waals surface area contributed by atoms with Crippen LogP contribution in [-0.4, -0.2) is 47.0 Å². The Labute approximate surface area is 85.5 Å². The molecule has 1 rings (SSSR count). The van der Waals surface area contributed by atoms with Crippen LogP contribution in [0.1, 0.15) is 12.8 Å². The summed E-state index contributed by atoms with van der Waals surface area (Å²) in [5.74, 6) is 0.0518. The monoisotopic (exact) mass is 229 g/mol. The molecule has 1 fully saturated rings. The number of likely N-dealkylation sites (tertiary alicyclic amines) is 1. The summed E-state index contributed by atoms with van der Waals surface area (Å²) in [6.45, 7) is 1.72. The molecule has 0 radical (unpaired) electrons. The Bertz CT molecular complexity index is 176. The second kappa shape index (κ2) is 5.23. The van der Waals surface area contributed by atoms with Crippen molar-refractivity contribution in [1.82, 2.24) is 4.90 Å². The van der Waals surface area contributed by atoms with Gasteiger partial charge in [0.05, 0.1) is 6.10 Å². The van der Waals surface area contributed by atoms with Crippen molar-refractivity contribution in [3.05, 3.63) is 0 Å². The van der Waals surface area contributed by atoms with Crippen LogP contribution in [0.2, 0.25) is 0 Å². The smallest absolute Gasteiger partial charge is 0.392 e. The van der Waals surface area contributed by atoms with Crippen LogP contribution in [-0.2, 0) is 0 Å². The van der Waals surface area contributed by atoms with Crippen LogP contribution >= 0.6 is 11.8 Å². The van der Waals surface area contributed by atoms with Crippen molar-refractivity contribution < 1.29 is 18.3 Å². The molecule has 6 heteroatoms. The van der Waals surface area contributed by atoms with Crippen molar-refractivity contribution in [2.75, 3.05) is 25.4 Å². The molecule has 0 aliphatic carbocycles. The lowest BCUT2D eigenvalue weighted by Gasteiger charge is -2.29. The molecular formula is C8H14F3NOS. The third kappa shape index (κ3) is 5.07. The molecule has 0 saturated carbocycles. The van der Waals surface area contributed by atoms with Crippen LogP contribution in [0, 0.1) is 0 Å². The molecule has 1 N–H and O–H groups in total. The van der Waals surface area contributed by atoms with Gasteiger partial charge in [-0.25, -0.2) is 0 Å². The molecule has 0 unspecified atom stereocenters. The van der Waals surface area contributed by atoms with E-state index in [4.69, 9.17) is 0 Å². The predicted octanol–water partition coefficient (Wildman–Crippen LogP) is 1.70. The van der Waals surface area contributed by atoms with E-state index < -0.39 is 5.51 Å². The van der Waals surface area contributed by atoms with Crippen LogP contribution in [0.3, 0.4) is 0 Å². The summed E-state index contributed by atoms with van der Waals surface area (Å²) >= 11 is 0.00515. The number of aliphatic hydroxyl groups excluding tert-OH is 1. The normalized spacial score (nSPS) is 25.3. The number of halogens is 3. The Morgan fingerprint density at radius 2 is 2.14 bits per heavy atom. The number of β-amino-alcohol motifs (C(OH)–C–C–N with tert-alkyl or cyclic N) is 1. The van der Waals surface area contributed by atoms with Gasteiger partial charge in [0.25, 0.3) is 0 Å². The molecule has 0 aromatic heterocycles. The SMILES string of the molecule is O[C@H]1CCCN(CCSC(F)(F)F)C1. The van der Waals surface area contributed by atoms with Crippen LogP contribution in [0.4, 0.5) is 13.2 Å². The van der Waals surface area contributed by atoms with Gasteiger partial charge in [-0.05, 0) is 31.1 Å². The lowest BCUT2D eigenvalue weighted by molar-refractivity contribution is -0.0329. The quantitative estimate of drug-likeness (QED) is 0.796. The third-order valence-electron chi connectivity index (χ3n) is 2.15. The lowest BCUT2D eigenvalue weighted by Crippen LogP contribution is -2.39. The number of thioether (sulfide) groups is 1. The third-order valence-corrected chi connectivity index (χ3v) is 2.87. The first kappa shape index (κ1) is 12.1. The Morgan fingerprint density at radius 1 is 1.43 bits per heavy atom. The van der Waals surface area contributed by atoms with Gasteiger partial charge in [0.15, 0.2) is 0 Å². The van der Waals surface area contributed by atoms with Crippen molar-refractivity contribution in [3.8, 4) is 0 Å². The van der Waals surface area contributed by atoms with Crippen molar-refractivity contribution in [1.29, 1.82) is 0 Å². The Morgan fingerprint density at radius 3 is 2.71 bits per heavy atom. The summed E-state index contributed by atoms with van der Waals surface area (Å²) in [6.07, 6.45) is 1.28. The van der Waals surface area contributed by atoms with E-state index >= 15 is 0 Å². The summed E-state index contributed by atoms with van der Waals surface area (Å²) in [6, 6.07) is 0. The molecule has 0 spiro atoms. The van der Waals surface area contributed by atoms with E-state index in [9.17, 15) is 18.3 Å². The van der Waals surface area contributed by atoms with Gasteiger partial charge in [0.2, 0.25) is 0 Å². The highest BCUT2D eigenvalue weighted by molar-refractivity contribution is 8.00. The zero-order chi connectivity index (χ0) is 10.6. The Balaban J connectivity index is 2.12. The van der Waals surface area contributed by atoms with Crippen LogP contribution in [0.15, 0.2) is 0 Å². The minimum Gasteiger partial charge on any atom is -0.392 e. The van der Waals surface area contributed by atoms with Gasteiger partial charge in [-0.3, -0.25) is 4.90 Å². The molecular weight excluding hydrogens is 215 g/mol. The molecule has 0 bridgehead atoms. The highest BCUT2D eigenvalue weighted by atomic mass is 32.2. The number of nitrogens with zero attached hydrogens (tertiary/aromatic N) is 1. The van der Waals surface area contributed by atoms with Crippen molar-refractivity contribution in [2.24, 2.45) is 0 Å². The molecule has 0 amide bonds. The van der Waals surface area contributed by atoms with Crippen LogP contribution in [0.25, 0.3) is 0 Å². The van der Waals surface area contributed by atoms with Gasteiger partial charge in [-0.15, -0.1) is 0 Å². The van der Waals surface area contributed by atoms with Crippen molar-refractivity contribution in [2.45, 2.75) is 24.5 Å². The van der Waals surface area contributed by atoms with E-state index in [1.165, 1.54) is 0 Å². The standard InChI is InChI=1S/C8H14F3NOS/c9-8(10,11)14-5-4-12-3-1-2-7(13)6-12/h7,13H,1-6H2/t7-/m0/s1. The Hall–Kier alpha value is 0.0600.